The first-order valence-corrected chi connectivity index (χ1v) is 8.29. The second kappa shape index (κ2) is 10.2. The third-order valence-electron chi connectivity index (χ3n) is 3.48. The van der Waals surface area contributed by atoms with Crippen molar-refractivity contribution in [2.45, 2.75) is 26.6 Å². The van der Waals surface area contributed by atoms with E-state index < -0.39 is 6.61 Å². The van der Waals surface area contributed by atoms with E-state index in [2.05, 4.69) is 20.4 Å². The molecule has 0 atom stereocenters. The molecule has 0 aliphatic rings. The van der Waals surface area contributed by atoms with Crippen LogP contribution in [0.1, 0.15) is 18.1 Å². The molecule has 7 heteroatoms. The van der Waals surface area contributed by atoms with Gasteiger partial charge in [0, 0.05) is 13.1 Å². The van der Waals surface area contributed by atoms with Gasteiger partial charge in [-0.25, -0.2) is 4.99 Å². The Bertz CT molecular complexity index is 723. The summed E-state index contributed by atoms with van der Waals surface area (Å²) in [6.07, 6.45) is 0. The van der Waals surface area contributed by atoms with Crippen LogP contribution in [-0.4, -0.2) is 26.2 Å². The zero-order valence-electron chi connectivity index (χ0n) is 14.8. The summed E-state index contributed by atoms with van der Waals surface area (Å²) in [7, 11) is 1.63. The molecule has 0 aliphatic heterocycles. The Balaban J connectivity index is 1.99. The highest BCUT2D eigenvalue weighted by Crippen LogP contribution is 2.16. The third-order valence-corrected chi connectivity index (χ3v) is 3.48. The van der Waals surface area contributed by atoms with Gasteiger partial charge < -0.3 is 20.1 Å². The minimum Gasteiger partial charge on any atom is -0.497 e. The van der Waals surface area contributed by atoms with Gasteiger partial charge >= 0.3 is 6.61 Å². The summed E-state index contributed by atoms with van der Waals surface area (Å²) < 4.78 is 34.2. The van der Waals surface area contributed by atoms with Crippen LogP contribution in [0.5, 0.6) is 11.5 Å². The average Bonchev–Trinajstić information content (AvgIpc) is 2.64. The van der Waals surface area contributed by atoms with Gasteiger partial charge in [0.25, 0.3) is 0 Å². The number of hydrogen-bond donors (Lipinski definition) is 2. The van der Waals surface area contributed by atoms with Crippen molar-refractivity contribution >= 4 is 5.96 Å². The third kappa shape index (κ3) is 6.58. The molecule has 2 rings (SSSR count). The molecule has 0 spiro atoms. The molecule has 2 aromatic carbocycles. The molecule has 0 saturated heterocycles. The van der Waals surface area contributed by atoms with E-state index in [1.807, 2.05) is 37.3 Å². The van der Waals surface area contributed by atoms with E-state index in [-0.39, 0.29) is 5.75 Å². The lowest BCUT2D eigenvalue weighted by Crippen LogP contribution is -2.36. The first-order valence-electron chi connectivity index (χ1n) is 8.29. The first kappa shape index (κ1) is 19.5. The number of methoxy groups -OCH3 is 1. The number of hydrogen-bond acceptors (Lipinski definition) is 3. The lowest BCUT2D eigenvalue weighted by atomic mass is 10.2. The van der Waals surface area contributed by atoms with Gasteiger partial charge in [-0.15, -0.1) is 0 Å². The molecular formula is C19H23F2N3O2. The van der Waals surface area contributed by atoms with Gasteiger partial charge in [0.05, 0.1) is 13.7 Å². The molecule has 0 unspecified atom stereocenters. The average molecular weight is 363 g/mol. The first-order chi connectivity index (χ1) is 12.6. The maximum atomic E-state index is 12.3. The van der Waals surface area contributed by atoms with Crippen molar-refractivity contribution in [3.05, 3.63) is 59.7 Å². The summed E-state index contributed by atoms with van der Waals surface area (Å²) >= 11 is 0. The van der Waals surface area contributed by atoms with Gasteiger partial charge in [-0.1, -0.05) is 24.3 Å². The van der Waals surface area contributed by atoms with Crippen LogP contribution in [-0.2, 0) is 13.1 Å². The fraction of sp³-hybridized carbons (Fsp3) is 0.316. The van der Waals surface area contributed by atoms with E-state index in [1.54, 1.807) is 19.2 Å². The number of benzene rings is 2. The summed E-state index contributed by atoms with van der Waals surface area (Å²) in [5, 5.41) is 6.39. The minimum absolute atomic E-state index is 0.127. The molecule has 0 amide bonds. The summed E-state index contributed by atoms with van der Waals surface area (Å²) in [4.78, 5) is 4.48. The number of rotatable bonds is 8. The summed E-state index contributed by atoms with van der Waals surface area (Å²) in [6.45, 7) is 0.764. The molecule has 0 aromatic heterocycles. The Kier molecular flexibility index (Phi) is 7.67. The van der Waals surface area contributed by atoms with Crippen LogP contribution in [0.15, 0.2) is 53.5 Å². The fourth-order valence-electron chi connectivity index (χ4n) is 2.30. The molecule has 0 radical (unpaired) electrons. The van der Waals surface area contributed by atoms with E-state index in [0.717, 1.165) is 16.9 Å². The summed E-state index contributed by atoms with van der Waals surface area (Å²) in [5.74, 6) is 1.56. The Hall–Kier alpha value is -2.83. The van der Waals surface area contributed by atoms with E-state index in [4.69, 9.17) is 4.74 Å². The topological polar surface area (TPSA) is 54.9 Å². The monoisotopic (exact) mass is 363 g/mol. The van der Waals surface area contributed by atoms with Crippen LogP contribution >= 0.6 is 0 Å². The number of nitrogens with zero attached hydrogens (tertiary/aromatic N) is 1. The van der Waals surface area contributed by atoms with Gasteiger partial charge in [-0.05, 0) is 42.3 Å². The Morgan fingerprint density at radius 2 is 1.73 bits per heavy atom. The van der Waals surface area contributed by atoms with E-state index in [9.17, 15) is 8.78 Å². The second-order valence-corrected chi connectivity index (χ2v) is 5.43. The lowest BCUT2D eigenvalue weighted by molar-refractivity contribution is -0.0498. The highest BCUT2D eigenvalue weighted by molar-refractivity contribution is 5.79. The van der Waals surface area contributed by atoms with Crippen LogP contribution in [0.25, 0.3) is 0 Å². The van der Waals surface area contributed by atoms with Gasteiger partial charge in [0.2, 0.25) is 0 Å². The van der Waals surface area contributed by atoms with Gasteiger partial charge in [0.15, 0.2) is 5.96 Å². The molecule has 26 heavy (non-hydrogen) atoms. The van der Waals surface area contributed by atoms with Crippen molar-refractivity contribution in [1.82, 2.24) is 10.6 Å². The normalized spacial score (nSPS) is 11.3. The second-order valence-electron chi connectivity index (χ2n) is 5.43. The number of aliphatic imine (C=N–C) groups is 1. The standard InChI is InChI=1S/C19H23F2N3O2/c1-3-22-19(23-12-14-6-4-8-16(10-14)25-2)24-13-15-7-5-9-17(11-15)26-18(20)21/h4-11,18H,3,12-13H2,1-2H3,(H2,22,23,24). The van der Waals surface area contributed by atoms with Crippen LogP contribution in [0.4, 0.5) is 8.78 Å². The van der Waals surface area contributed by atoms with Crippen molar-refractivity contribution in [2.75, 3.05) is 13.7 Å². The quantitative estimate of drug-likeness (QED) is 0.556. The maximum Gasteiger partial charge on any atom is 0.387 e. The molecule has 0 bridgehead atoms. The lowest BCUT2D eigenvalue weighted by Gasteiger charge is -2.12. The minimum atomic E-state index is -2.84. The van der Waals surface area contributed by atoms with Crippen molar-refractivity contribution in [3.63, 3.8) is 0 Å². The molecule has 2 N–H and O–H groups in total. The maximum absolute atomic E-state index is 12.3. The van der Waals surface area contributed by atoms with Gasteiger partial charge in [-0.3, -0.25) is 0 Å². The number of guanidine groups is 1. The van der Waals surface area contributed by atoms with Crippen molar-refractivity contribution < 1.29 is 18.3 Å². The summed E-state index contributed by atoms with van der Waals surface area (Å²) in [5.41, 5.74) is 1.84. The number of halogens is 2. The molecular weight excluding hydrogens is 340 g/mol. The van der Waals surface area contributed by atoms with Gasteiger partial charge in [0.1, 0.15) is 11.5 Å². The molecule has 0 aliphatic carbocycles. The highest BCUT2D eigenvalue weighted by Gasteiger charge is 2.05. The predicted molar refractivity (Wildman–Crippen MR) is 97.7 cm³/mol. The molecule has 140 valence electrons. The van der Waals surface area contributed by atoms with E-state index >= 15 is 0 Å². The largest absolute Gasteiger partial charge is 0.497 e. The van der Waals surface area contributed by atoms with Crippen LogP contribution in [0.2, 0.25) is 0 Å². The molecule has 2 aromatic rings. The van der Waals surface area contributed by atoms with Crippen molar-refractivity contribution in [1.29, 1.82) is 0 Å². The van der Waals surface area contributed by atoms with Crippen LogP contribution in [0, 0.1) is 0 Å². The number of nitrogens with one attached hydrogen (secondary N) is 2. The smallest absolute Gasteiger partial charge is 0.387 e. The van der Waals surface area contributed by atoms with Crippen LogP contribution in [0.3, 0.4) is 0 Å². The SMILES string of the molecule is CCNC(=NCc1cccc(OC(F)F)c1)NCc1cccc(OC)c1. The zero-order valence-corrected chi connectivity index (χ0v) is 14.8. The number of ether oxygens (including phenoxy) is 2. The molecule has 0 heterocycles. The Labute approximate surface area is 152 Å². The highest BCUT2D eigenvalue weighted by atomic mass is 19.3. The predicted octanol–water partition coefficient (Wildman–Crippen LogP) is 3.55. The number of alkyl halides is 2. The summed E-state index contributed by atoms with van der Waals surface area (Å²) in [6, 6.07) is 14.3. The van der Waals surface area contributed by atoms with E-state index in [0.29, 0.717) is 25.6 Å². The molecule has 0 fully saturated rings. The molecule has 5 nitrogen and oxygen atoms in total. The molecule has 0 saturated carbocycles. The van der Waals surface area contributed by atoms with Gasteiger partial charge in [-0.2, -0.15) is 8.78 Å². The van der Waals surface area contributed by atoms with Crippen LogP contribution < -0.4 is 20.1 Å². The Morgan fingerprint density at radius 1 is 1.04 bits per heavy atom. The van der Waals surface area contributed by atoms with E-state index in [1.165, 1.54) is 6.07 Å². The zero-order chi connectivity index (χ0) is 18.8. The Morgan fingerprint density at radius 3 is 2.42 bits per heavy atom. The van der Waals surface area contributed by atoms with Crippen molar-refractivity contribution in [2.24, 2.45) is 4.99 Å². The fourth-order valence-corrected chi connectivity index (χ4v) is 2.30. The van der Waals surface area contributed by atoms with Crippen molar-refractivity contribution in [3.8, 4) is 11.5 Å².